The molecule has 4 heteroatoms. The maximum atomic E-state index is 2.54. The van der Waals surface area contributed by atoms with Crippen LogP contribution >= 0.6 is 0 Å². The quantitative estimate of drug-likeness (QED) is 0.502. The zero-order valence-corrected chi connectivity index (χ0v) is 10.7. The lowest BCUT2D eigenvalue weighted by Crippen LogP contribution is -2.40. The first kappa shape index (κ1) is 11.5. The zero-order valence-electron chi connectivity index (χ0n) is 9.29. The van der Waals surface area contributed by atoms with E-state index in [-0.39, 0.29) is 15.7 Å². The fraction of sp³-hybridized carbons (Fsp3) is 1.00. The van der Waals surface area contributed by atoms with Crippen LogP contribution in [0.5, 0.6) is 0 Å². The molecule has 1 aliphatic heterocycles. The van der Waals surface area contributed by atoms with Gasteiger partial charge in [0.25, 0.3) is 0 Å². The zero-order chi connectivity index (χ0) is 9.68. The molecule has 0 aromatic rings. The average Bonchev–Trinajstić information content (AvgIpc) is 2.03. The summed E-state index contributed by atoms with van der Waals surface area (Å²) >= 11 is -0.106. The van der Waals surface area contributed by atoms with Crippen LogP contribution in [0.4, 0.5) is 0 Å². The number of hydrogen-bond donors (Lipinski definition) is 0. The summed E-state index contributed by atoms with van der Waals surface area (Å²) in [5.41, 5.74) is 0. The predicted octanol–water partition coefficient (Wildman–Crippen LogP) is -0.158. The highest BCUT2D eigenvalue weighted by Gasteiger charge is 2.11. The lowest BCUT2D eigenvalue weighted by Gasteiger charge is -2.27. The Kier molecular flexibility index (Phi) is 5.30. The van der Waals surface area contributed by atoms with Crippen molar-refractivity contribution in [3.63, 3.8) is 0 Å². The Balaban J connectivity index is 2.32. The van der Waals surface area contributed by atoms with E-state index >= 15 is 0 Å². The highest BCUT2D eigenvalue weighted by Crippen LogP contribution is 1.97. The SMILES string of the molecule is CN1CCC[N](C)[AlH][N](C)CCC1. The minimum atomic E-state index is -0.106. The molecule has 0 bridgehead atoms. The Labute approximate surface area is 88.8 Å². The molecule has 0 atom stereocenters. The van der Waals surface area contributed by atoms with Gasteiger partial charge in [-0.25, -0.2) is 0 Å². The smallest absolute Gasteiger partial charge is 0.377 e. The van der Waals surface area contributed by atoms with Crippen LogP contribution in [0.15, 0.2) is 0 Å². The van der Waals surface area contributed by atoms with Gasteiger partial charge in [-0.15, -0.1) is 0 Å². The Morgan fingerprint density at radius 3 is 1.69 bits per heavy atom. The highest BCUT2D eigenvalue weighted by atomic mass is 27.1. The molecule has 1 aliphatic rings. The van der Waals surface area contributed by atoms with Gasteiger partial charge in [-0.3, -0.25) is 0 Å². The van der Waals surface area contributed by atoms with Crippen molar-refractivity contribution in [1.29, 1.82) is 0 Å². The largest absolute Gasteiger partial charge is 0.462 e. The van der Waals surface area contributed by atoms with E-state index in [0.29, 0.717) is 0 Å². The Morgan fingerprint density at radius 2 is 1.23 bits per heavy atom. The molecule has 1 heterocycles. The van der Waals surface area contributed by atoms with E-state index in [1.165, 1.54) is 39.0 Å². The van der Waals surface area contributed by atoms with Crippen LogP contribution in [0.25, 0.3) is 0 Å². The molecule has 1 saturated heterocycles. The first-order valence-electron chi connectivity index (χ1n) is 5.24. The summed E-state index contributed by atoms with van der Waals surface area (Å²) in [6.07, 6.45) is 2.65. The maximum Gasteiger partial charge on any atom is 0.462 e. The van der Waals surface area contributed by atoms with Crippen molar-refractivity contribution in [3.8, 4) is 0 Å². The van der Waals surface area contributed by atoms with Gasteiger partial charge in [0.1, 0.15) is 0 Å². The molecular weight excluding hydrogens is 177 g/mol. The third-order valence-electron chi connectivity index (χ3n) is 2.64. The minimum Gasteiger partial charge on any atom is -0.377 e. The fourth-order valence-corrected chi connectivity index (χ4v) is 3.44. The summed E-state index contributed by atoms with van der Waals surface area (Å²) in [7, 11) is 6.77. The van der Waals surface area contributed by atoms with Crippen LogP contribution in [-0.4, -0.2) is 75.6 Å². The maximum absolute atomic E-state index is 2.54. The first-order valence-corrected chi connectivity index (χ1v) is 6.50. The van der Waals surface area contributed by atoms with Gasteiger partial charge in [-0.05, 0) is 60.2 Å². The average molecular weight is 199 g/mol. The summed E-state index contributed by atoms with van der Waals surface area (Å²) in [4.78, 5) is 2.45. The van der Waals surface area contributed by atoms with Gasteiger partial charge >= 0.3 is 15.7 Å². The van der Waals surface area contributed by atoms with Gasteiger partial charge in [-0.1, -0.05) is 0 Å². The van der Waals surface area contributed by atoms with Crippen molar-refractivity contribution in [1.82, 2.24) is 12.7 Å². The van der Waals surface area contributed by atoms with E-state index in [2.05, 4.69) is 33.8 Å². The molecular formula is C9H22AlN3. The molecule has 1 fully saturated rings. The molecule has 0 N–H and O–H groups in total. The second-order valence-electron chi connectivity index (χ2n) is 4.31. The van der Waals surface area contributed by atoms with E-state index in [1.54, 1.807) is 0 Å². The molecule has 0 unspecified atom stereocenters. The molecule has 0 aromatic carbocycles. The molecule has 1 rings (SSSR count). The Morgan fingerprint density at radius 1 is 0.769 bits per heavy atom. The first-order chi connectivity index (χ1) is 6.18. The van der Waals surface area contributed by atoms with Crippen LogP contribution in [0.3, 0.4) is 0 Å². The summed E-state index contributed by atoms with van der Waals surface area (Å²) in [5, 5.41) is 0. The van der Waals surface area contributed by atoms with Crippen LogP contribution in [0, 0.1) is 0 Å². The van der Waals surface area contributed by atoms with Crippen molar-refractivity contribution in [2.45, 2.75) is 12.8 Å². The molecule has 76 valence electrons. The highest BCUT2D eigenvalue weighted by molar-refractivity contribution is 6.28. The van der Waals surface area contributed by atoms with E-state index in [1.807, 2.05) is 0 Å². The second-order valence-corrected chi connectivity index (χ2v) is 6.75. The van der Waals surface area contributed by atoms with Crippen LogP contribution < -0.4 is 0 Å². The Bertz CT molecular complexity index is 129. The fourth-order valence-electron chi connectivity index (χ4n) is 1.89. The topological polar surface area (TPSA) is 9.72 Å². The van der Waals surface area contributed by atoms with Crippen LogP contribution in [0.1, 0.15) is 12.8 Å². The Hall–Kier alpha value is 0.412. The van der Waals surface area contributed by atoms with Crippen molar-refractivity contribution in [3.05, 3.63) is 0 Å². The van der Waals surface area contributed by atoms with Crippen molar-refractivity contribution in [2.24, 2.45) is 0 Å². The van der Waals surface area contributed by atoms with E-state index in [0.717, 1.165) is 0 Å². The standard InChI is InChI=1S/C9H21N3.Al.H/c1-10-6-4-8-12(3)9-5-7-11-2;;/h4-9H2,1-3H3;;/q-2;+2;. The third kappa shape index (κ3) is 5.00. The van der Waals surface area contributed by atoms with Gasteiger partial charge in [0, 0.05) is 0 Å². The van der Waals surface area contributed by atoms with E-state index in [4.69, 9.17) is 0 Å². The number of nitrogens with zero attached hydrogens (tertiary/aromatic N) is 3. The van der Waals surface area contributed by atoms with Crippen LogP contribution in [0.2, 0.25) is 0 Å². The third-order valence-corrected chi connectivity index (χ3v) is 4.24. The molecule has 3 nitrogen and oxygen atoms in total. The number of hydrogen-bond acceptors (Lipinski definition) is 3. The summed E-state index contributed by atoms with van der Waals surface area (Å²) in [6.45, 7) is 5.09. The lowest BCUT2D eigenvalue weighted by atomic mass is 10.3. The molecule has 0 aromatic heterocycles. The monoisotopic (exact) mass is 199 g/mol. The number of rotatable bonds is 0. The van der Waals surface area contributed by atoms with Gasteiger partial charge in [-0.2, -0.15) is 0 Å². The van der Waals surface area contributed by atoms with E-state index in [9.17, 15) is 0 Å². The predicted molar refractivity (Wildman–Crippen MR) is 59.1 cm³/mol. The van der Waals surface area contributed by atoms with Crippen molar-refractivity contribution >= 4 is 15.7 Å². The van der Waals surface area contributed by atoms with Crippen molar-refractivity contribution in [2.75, 3.05) is 47.3 Å². The summed E-state index contributed by atoms with van der Waals surface area (Å²) in [5.74, 6) is 0. The molecule has 0 aliphatic carbocycles. The molecule has 0 amide bonds. The molecule has 0 spiro atoms. The summed E-state index contributed by atoms with van der Waals surface area (Å²) < 4.78 is 5.08. The minimum absolute atomic E-state index is 0.106. The van der Waals surface area contributed by atoms with Crippen molar-refractivity contribution < 1.29 is 0 Å². The summed E-state index contributed by atoms with van der Waals surface area (Å²) in [6, 6.07) is 0. The van der Waals surface area contributed by atoms with Gasteiger partial charge in [0.05, 0.1) is 0 Å². The van der Waals surface area contributed by atoms with E-state index < -0.39 is 0 Å². The second kappa shape index (κ2) is 6.00. The molecule has 13 heavy (non-hydrogen) atoms. The molecule has 0 radical (unpaired) electrons. The van der Waals surface area contributed by atoms with Gasteiger partial charge in [0.2, 0.25) is 0 Å². The van der Waals surface area contributed by atoms with Gasteiger partial charge in [0.15, 0.2) is 0 Å². The van der Waals surface area contributed by atoms with Crippen LogP contribution in [-0.2, 0) is 0 Å². The normalized spacial score (nSPS) is 25.5. The van der Waals surface area contributed by atoms with Gasteiger partial charge < -0.3 is 12.7 Å². The lowest BCUT2D eigenvalue weighted by molar-refractivity contribution is 0.286. The molecule has 0 saturated carbocycles.